The number of aliphatic carboxylic acids is 1. The Morgan fingerprint density at radius 3 is 2.37 bits per heavy atom. The molecule has 0 atom stereocenters. The zero-order valence-corrected chi connectivity index (χ0v) is 10.2. The van der Waals surface area contributed by atoms with Crippen LogP contribution in [0, 0.1) is 0 Å². The molecule has 0 fully saturated rings. The van der Waals surface area contributed by atoms with E-state index in [9.17, 15) is 9.59 Å². The maximum absolute atomic E-state index is 11.8. The van der Waals surface area contributed by atoms with E-state index < -0.39 is 5.97 Å². The molecule has 0 amide bonds. The Hall–Kier alpha value is -2.49. The summed E-state index contributed by atoms with van der Waals surface area (Å²) in [7, 11) is 0. The number of carboxylic acid groups (broad SMARTS) is 1. The molecule has 0 saturated carbocycles. The van der Waals surface area contributed by atoms with Gasteiger partial charge in [0, 0.05) is 12.0 Å². The highest BCUT2D eigenvalue weighted by Gasteiger charge is 2.10. The van der Waals surface area contributed by atoms with Crippen LogP contribution in [0.25, 0.3) is 11.3 Å². The first-order valence-corrected chi connectivity index (χ1v) is 5.94. The lowest BCUT2D eigenvalue weighted by Crippen LogP contribution is -2.06. The third-order valence-electron chi connectivity index (χ3n) is 2.67. The quantitative estimate of drug-likeness (QED) is 0.834. The molecule has 2 rings (SSSR count). The Balaban J connectivity index is 2.20. The molecule has 2 aromatic rings. The van der Waals surface area contributed by atoms with Gasteiger partial charge in [-0.05, 0) is 12.1 Å². The van der Waals surface area contributed by atoms with Gasteiger partial charge in [0.05, 0.1) is 12.1 Å². The predicted octanol–water partition coefficient (Wildman–Crippen LogP) is 2.80. The molecule has 1 heterocycles. The molecule has 96 valence electrons. The molecule has 0 aliphatic heterocycles. The number of carbonyl (C=O) groups excluding carboxylic acids is 1. The average Bonchev–Trinajstić information content (AvgIpc) is 2.46. The number of hydrogen-bond acceptors (Lipinski definition) is 3. The fourth-order valence-electron chi connectivity index (χ4n) is 1.71. The molecular formula is C15H13NO3. The third-order valence-corrected chi connectivity index (χ3v) is 2.67. The van der Waals surface area contributed by atoms with Crippen molar-refractivity contribution in [2.24, 2.45) is 0 Å². The summed E-state index contributed by atoms with van der Waals surface area (Å²) in [6.45, 7) is 0. The molecular weight excluding hydrogens is 242 g/mol. The summed E-state index contributed by atoms with van der Waals surface area (Å²) in [5.74, 6) is -1.23. The van der Waals surface area contributed by atoms with Gasteiger partial charge in [0.25, 0.3) is 0 Å². The van der Waals surface area contributed by atoms with Crippen molar-refractivity contribution in [1.82, 2.24) is 4.98 Å². The Morgan fingerprint density at radius 2 is 1.68 bits per heavy atom. The van der Waals surface area contributed by atoms with E-state index in [0.29, 0.717) is 11.4 Å². The molecule has 1 aromatic heterocycles. The Bertz CT molecular complexity index is 593. The zero-order valence-electron chi connectivity index (χ0n) is 10.2. The smallest absolute Gasteiger partial charge is 0.303 e. The van der Waals surface area contributed by atoms with Gasteiger partial charge in [-0.1, -0.05) is 36.4 Å². The molecule has 4 nitrogen and oxygen atoms in total. The van der Waals surface area contributed by atoms with Gasteiger partial charge < -0.3 is 5.11 Å². The number of pyridine rings is 1. The molecule has 0 saturated heterocycles. The molecule has 1 aromatic carbocycles. The summed E-state index contributed by atoms with van der Waals surface area (Å²) in [6.07, 6.45) is -0.198. The number of benzene rings is 1. The second-order valence-electron chi connectivity index (χ2n) is 4.09. The van der Waals surface area contributed by atoms with Crippen LogP contribution in [0.4, 0.5) is 0 Å². The summed E-state index contributed by atoms with van der Waals surface area (Å²) in [4.78, 5) is 26.5. The van der Waals surface area contributed by atoms with Crippen LogP contribution in [-0.4, -0.2) is 21.8 Å². The van der Waals surface area contributed by atoms with Gasteiger partial charge in [0.1, 0.15) is 5.69 Å². The van der Waals surface area contributed by atoms with Gasteiger partial charge >= 0.3 is 5.97 Å². The predicted molar refractivity (Wildman–Crippen MR) is 70.9 cm³/mol. The van der Waals surface area contributed by atoms with Gasteiger partial charge in [0.15, 0.2) is 5.78 Å². The van der Waals surface area contributed by atoms with Crippen molar-refractivity contribution in [3.05, 3.63) is 54.2 Å². The van der Waals surface area contributed by atoms with Crippen molar-refractivity contribution >= 4 is 11.8 Å². The first-order valence-electron chi connectivity index (χ1n) is 5.94. The van der Waals surface area contributed by atoms with E-state index in [1.807, 2.05) is 36.4 Å². The van der Waals surface area contributed by atoms with E-state index in [2.05, 4.69) is 4.98 Å². The van der Waals surface area contributed by atoms with Crippen molar-refractivity contribution < 1.29 is 14.7 Å². The standard InChI is InChI=1S/C15H13NO3/c17-14(9-10-15(18)19)13-8-4-7-12(16-13)11-5-2-1-3-6-11/h1-8H,9-10H2,(H,18,19). The van der Waals surface area contributed by atoms with Crippen molar-refractivity contribution in [3.8, 4) is 11.3 Å². The van der Waals surface area contributed by atoms with Crippen LogP contribution in [-0.2, 0) is 4.79 Å². The monoisotopic (exact) mass is 255 g/mol. The van der Waals surface area contributed by atoms with Crippen LogP contribution >= 0.6 is 0 Å². The Kier molecular flexibility index (Phi) is 4.03. The Labute approximate surface area is 110 Å². The van der Waals surface area contributed by atoms with E-state index in [0.717, 1.165) is 5.56 Å². The summed E-state index contributed by atoms with van der Waals surface area (Å²) >= 11 is 0. The highest BCUT2D eigenvalue weighted by molar-refractivity contribution is 5.96. The number of ketones is 1. The number of Topliss-reactive ketones (excluding diaryl/α,β-unsaturated/α-hetero) is 1. The second-order valence-corrected chi connectivity index (χ2v) is 4.09. The zero-order chi connectivity index (χ0) is 13.7. The van der Waals surface area contributed by atoms with Gasteiger partial charge in [-0.2, -0.15) is 0 Å². The number of nitrogens with zero attached hydrogens (tertiary/aromatic N) is 1. The molecule has 4 heteroatoms. The summed E-state index contributed by atoms with van der Waals surface area (Å²) in [6, 6.07) is 14.7. The summed E-state index contributed by atoms with van der Waals surface area (Å²) in [5, 5.41) is 8.57. The molecule has 0 spiro atoms. The average molecular weight is 255 g/mol. The Morgan fingerprint density at radius 1 is 0.947 bits per heavy atom. The topological polar surface area (TPSA) is 67.3 Å². The number of carboxylic acids is 1. The van der Waals surface area contributed by atoms with E-state index in [1.165, 1.54) is 0 Å². The van der Waals surface area contributed by atoms with E-state index in [-0.39, 0.29) is 18.6 Å². The summed E-state index contributed by atoms with van der Waals surface area (Å²) < 4.78 is 0. The normalized spacial score (nSPS) is 10.1. The van der Waals surface area contributed by atoms with Crippen LogP contribution in [0.1, 0.15) is 23.3 Å². The highest BCUT2D eigenvalue weighted by atomic mass is 16.4. The minimum atomic E-state index is -0.979. The van der Waals surface area contributed by atoms with Crippen molar-refractivity contribution in [3.63, 3.8) is 0 Å². The van der Waals surface area contributed by atoms with Gasteiger partial charge in [-0.25, -0.2) is 4.98 Å². The van der Waals surface area contributed by atoms with Gasteiger partial charge in [0.2, 0.25) is 0 Å². The van der Waals surface area contributed by atoms with E-state index >= 15 is 0 Å². The number of aromatic nitrogens is 1. The molecule has 0 radical (unpaired) electrons. The maximum Gasteiger partial charge on any atom is 0.303 e. The molecule has 0 bridgehead atoms. The first kappa shape index (κ1) is 13.0. The van der Waals surface area contributed by atoms with Crippen molar-refractivity contribution in [2.45, 2.75) is 12.8 Å². The van der Waals surface area contributed by atoms with Crippen LogP contribution in [0.2, 0.25) is 0 Å². The van der Waals surface area contributed by atoms with Gasteiger partial charge in [-0.15, -0.1) is 0 Å². The van der Waals surface area contributed by atoms with Crippen molar-refractivity contribution in [2.75, 3.05) is 0 Å². The fourth-order valence-corrected chi connectivity index (χ4v) is 1.71. The lowest BCUT2D eigenvalue weighted by atomic mass is 10.1. The second kappa shape index (κ2) is 5.91. The van der Waals surface area contributed by atoms with E-state index in [4.69, 9.17) is 5.11 Å². The number of hydrogen-bond donors (Lipinski definition) is 1. The van der Waals surface area contributed by atoms with Crippen molar-refractivity contribution in [1.29, 1.82) is 0 Å². The van der Waals surface area contributed by atoms with Gasteiger partial charge in [-0.3, -0.25) is 9.59 Å². The van der Waals surface area contributed by atoms with Crippen LogP contribution in [0.5, 0.6) is 0 Å². The molecule has 19 heavy (non-hydrogen) atoms. The van der Waals surface area contributed by atoms with Crippen LogP contribution in [0.3, 0.4) is 0 Å². The fraction of sp³-hybridized carbons (Fsp3) is 0.133. The third kappa shape index (κ3) is 3.48. The van der Waals surface area contributed by atoms with Crippen LogP contribution in [0.15, 0.2) is 48.5 Å². The molecule has 0 unspecified atom stereocenters. The molecule has 0 aliphatic carbocycles. The summed E-state index contributed by atoms with van der Waals surface area (Å²) in [5.41, 5.74) is 1.94. The molecule has 1 N–H and O–H groups in total. The minimum absolute atomic E-state index is 0.0272. The number of rotatable bonds is 5. The largest absolute Gasteiger partial charge is 0.481 e. The van der Waals surface area contributed by atoms with E-state index in [1.54, 1.807) is 12.1 Å². The highest BCUT2D eigenvalue weighted by Crippen LogP contribution is 2.17. The first-order chi connectivity index (χ1) is 9.16. The number of carbonyl (C=O) groups is 2. The molecule has 0 aliphatic rings. The maximum atomic E-state index is 11.8. The lowest BCUT2D eigenvalue weighted by Gasteiger charge is -2.03. The van der Waals surface area contributed by atoms with Crippen LogP contribution < -0.4 is 0 Å². The lowest BCUT2D eigenvalue weighted by molar-refractivity contribution is -0.136. The SMILES string of the molecule is O=C(O)CCC(=O)c1cccc(-c2ccccc2)n1. The minimum Gasteiger partial charge on any atom is -0.481 e.